The fourth-order valence-electron chi connectivity index (χ4n) is 2.92. The number of methoxy groups -OCH3 is 1. The number of rotatable bonds is 7. The van der Waals surface area contributed by atoms with Crippen molar-refractivity contribution >= 4 is 11.8 Å². The molecule has 1 fully saturated rings. The maximum Gasteiger partial charge on any atom is 0.258 e. The lowest BCUT2D eigenvalue weighted by atomic mass is 10.0. The van der Waals surface area contributed by atoms with Crippen LogP contribution in [0.4, 0.5) is 0 Å². The predicted molar refractivity (Wildman–Crippen MR) is 95.7 cm³/mol. The molecule has 1 N–H and O–H groups in total. The molecule has 0 spiro atoms. The molecule has 6 nitrogen and oxygen atoms in total. The van der Waals surface area contributed by atoms with Crippen LogP contribution in [0.3, 0.4) is 0 Å². The molecule has 0 radical (unpaired) electrons. The highest BCUT2D eigenvalue weighted by atomic mass is 16.5. The first-order chi connectivity index (χ1) is 12.0. The fraction of sp³-hybridized carbons (Fsp3) is 0.579. The van der Waals surface area contributed by atoms with Gasteiger partial charge >= 0.3 is 0 Å². The van der Waals surface area contributed by atoms with Gasteiger partial charge in [-0.05, 0) is 37.3 Å². The Bertz CT molecular complexity index is 583. The van der Waals surface area contributed by atoms with Crippen molar-refractivity contribution in [2.45, 2.75) is 39.2 Å². The van der Waals surface area contributed by atoms with Gasteiger partial charge in [0.05, 0.1) is 7.11 Å². The Morgan fingerprint density at radius 1 is 1.12 bits per heavy atom. The minimum Gasteiger partial charge on any atom is -0.493 e. The Kier molecular flexibility index (Phi) is 7.10. The summed E-state index contributed by atoms with van der Waals surface area (Å²) in [6.07, 6.45) is 3.22. The number of nitrogens with zero attached hydrogens (tertiary/aromatic N) is 1. The standard InChI is InChI=1S/C19H28N2O4/c1-14(2)18(19(23)21-11-7-4-8-12-21)20-17(22)13-25-16-10-6-5-9-15(16)24-3/h5-6,9-10,14,18H,4,7-8,11-13H2,1-3H3,(H,20,22)/t18-/m0/s1. The van der Waals surface area contributed by atoms with Crippen molar-refractivity contribution in [1.29, 1.82) is 0 Å². The van der Waals surface area contributed by atoms with Gasteiger partial charge in [-0.2, -0.15) is 0 Å². The molecule has 0 aliphatic carbocycles. The van der Waals surface area contributed by atoms with Gasteiger partial charge in [0.15, 0.2) is 18.1 Å². The van der Waals surface area contributed by atoms with Gasteiger partial charge in [0, 0.05) is 13.1 Å². The van der Waals surface area contributed by atoms with Crippen molar-refractivity contribution in [2.24, 2.45) is 5.92 Å². The highest BCUT2D eigenvalue weighted by molar-refractivity contribution is 5.88. The Balaban J connectivity index is 1.92. The van der Waals surface area contributed by atoms with Crippen LogP contribution in [0, 0.1) is 5.92 Å². The topological polar surface area (TPSA) is 67.9 Å². The molecule has 1 heterocycles. The number of piperidine rings is 1. The van der Waals surface area contributed by atoms with Crippen molar-refractivity contribution in [2.75, 3.05) is 26.8 Å². The summed E-state index contributed by atoms with van der Waals surface area (Å²) in [5, 5.41) is 2.83. The summed E-state index contributed by atoms with van der Waals surface area (Å²) in [6.45, 7) is 5.27. The van der Waals surface area contributed by atoms with E-state index < -0.39 is 6.04 Å². The van der Waals surface area contributed by atoms with Crippen molar-refractivity contribution < 1.29 is 19.1 Å². The van der Waals surface area contributed by atoms with Crippen molar-refractivity contribution in [3.63, 3.8) is 0 Å². The molecule has 0 unspecified atom stereocenters. The summed E-state index contributed by atoms with van der Waals surface area (Å²) >= 11 is 0. The number of hydrogen-bond acceptors (Lipinski definition) is 4. The summed E-state index contributed by atoms with van der Waals surface area (Å²) in [6, 6.07) is 6.63. The summed E-state index contributed by atoms with van der Waals surface area (Å²) in [7, 11) is 1.55. The normalized spacial score (nSPS) is 15.6. The monoisotopic (exact) mass is 348 g/mol. The quantitative estimate of drug-likeness (QED) is 0.820. The maximum absolute atomic E-state index is 12.7. The van der Waals surface area contributed by atoms with Crippen molar-refractivity contribution in [1.82, 2.24) is 10.2 Å². The van der Waals surface area contributed by atoms with Crippen LogP contribution in [0.5, 0.6) is 11.5 Å². The second-order valence-corrected chi connectivity index (χ2v) is 6.61. The van der Waals surface area contributed by atoms with Gasteiger partial charge in [-0.25, -0.2) is 0 Å². The van der Waals surface area contributed by atoms with Crippen LogP contribution >= 0.6 is 0 Å². The van der Waals surface area contributed by atoms with Crippen LogP contribution in [-0.2, 0) is 9.59 Å². The van der Waals surface area contributed by atoms with Gasteiger partial charge in [0.25, 0.3) is 5.91 Å². The van der Waals surface area contributed by atoms with E-state index in [1.165, 1.54) is 0 Å². The zero-order valence-electron chi connectivity index (χ0n) is 15.3. The zero-order valence-corrected chi connectivity index (χ0v) is 15.3. The molecule has 0 aromatic heterocycles. The van der Waals surface area contributed by atoms with Crippen LogP contribution < -0.4 is 14.8 Å². The lowest BCUT2D eigenvalue weighted by Crippen LogP contribution is -2.53. The van der Waals surface area contributed by atoms with Crippen LogP contribution in [0.2, 0.25) is 0 Å². The lowest BCUT2D eigenvalue weighted by Gasteiger charge is -2.32. The summed E-state index contributed by atoms with van der Waals surface area (Å²) in [5.74, 6) is 0.781. The van der Waals surface area contributed by atoms with Crippen LogP contribution in [0.1, 0.15) is 33.1 Å². The molecule has 6 heteroatoms. The number of likely N-dealkylation sites (tertiary alicyclic amines) is 1. The van der Waals surface area contributed by atoms with E-state index in [9.17, 15) is 9.59 Å². The second kappa shape index (κ2) is 9.30. The number of hydrogen-bond donors (Lipinski definition) is 1. The molecule has 1 atom stereocenters. The number of benzene rings is 1. The lowest BCUT2D eigenvalue weighted by molar-refractivity contribution is -0.138. The van der Waals surface area contributed by atoms with E-state index in [4.69, 9.17) is 9.47 Å². The first-order valence-corrected chi connectivity index (χ1v) is 8.87. The highest BCUT2D eigenvalue weighted by Gasteiger charge is 2.29. The molecule has 1 aromatic carbocycles. The molecule has 1 aliphatic heterocycles. The molecule has 0 saturated carbocycles. The number of amides is 2. The van der Waals surface area contributed by atoms with E-state index in [2.05, 4.69) is 5.32 Å². The largest absolute Gasteiger partial charge is 0.493 e. The molecule has 1 aromatic rings. The summed E-state index contributed by atoms with van der Waals surface area (Å²) in [5.41, 5.74) is 0. The van der Waals surface area contributed by atoms with E-state index in [0.29, 0.717) is 11.5 Å². The molecule has 0 bridgehead atoms. The van der Waals surface area contributed by atoms with E-state index >= 15 is 0 Å². The third-order valence-corrected chi connectivity index (χ3v) is 4.34. The van der Waals surface area contributed by atoms with E-state index in [0.717, 1.165) is 32.4 Å². The van der Waals surface area contributed by atoms with Crippen LogP contribution in [0.15, 0.2) is 24.3 Å². The SMILES string of the molecule is COc1ccccc1OCC(=O)N[C@H](C(=O)N1CCCCC1)C(C)C. The third kappa shape index (κ3) is 5.37. The Hall–Kier alpha value is -2.24. The Morgan fingerprint density at radius 3 is 2.36 bits per heavy atom. The third-order valence-electron chi connectivity index (χ3n) is 4.34. The minimum absolute atomic E-state index is 0.000316. The number of para-hydroxylation sites is 2. The maximum atomic E-state index is 12.7. The molecule has 1 aliphatic rings. The summed E-state index contributed by atoms with van der Waals surface area (Å²) < 4.78 is 10.7. The molecular formula is C19H28N2O4. The minimum atomic E-state index is -0.521. The van der Waals surface area contributed by atoms with E-state index in [-0.39, 0.29) is 24.3 Å². The van der Waals surface area contributed by atoms with Gasteiger partial charge < -0.3 is 19.7 Å². The van der Waals surface area contributed by atoms with Gasteiger partial charge in [0.1, 0.15) is 6.04 Å². The average Bonchev–Trinajstić information content (AvgIpc) is 2.64. The van der Waals surface area contributed by atoms with Gasteiger partial charge in [0.2, 0.25) is 5.91 Å². The van der Waals surface area contributed by atoms with Gasteiger partial charge in [-0.3, -0.25) is 9.59 Å². The smallest absolute Gasteiger partial charge is 0.258 e. The van der Waals surface area contributed by atoms with E-state index in [1.54, 1.807) is 19.2 Å². The zero-order chi connectivity index (χ0) is 18.2. The van der Waals surface area contributed by atoms with Gasteiger partial charge in [-0.15, -0.1) is 0 Å². The summed E-state index contributed by atoms with van der Waals surface area (Å²) in [4.78, 5) is 26.8. The average molecular weight is 348 g/mol. The number of nitrogens with one attached hydrogen (secondary N) is 1. The number of ether oxygens (including phenoxy) is 2. The highest BCUT2D eigenvalue weighted by Crippen LogP contribution is 2.25. The molecule has 2 amide bonds. The molecule has 1 saturated heterocycles. The fourth-order valence-corrected chi connectivity index (χ4v) is 2.92. The Morgan fingerprint density at radius 2 is 1.76 bits per heavy atom. The van der Waals surface area contributed by atoms with Crippen molar-refractivity contribution in [3.8, 4) is 11.5 Å². The molecule has 25 heavy (non-hydrogen) atoms. The van der Waals surface area contributed by atoms with Crippen LogP contribution in [-0.4, -0.2) is 49.6 Å². The van der Waals surface area contributed by atoms with Gasteiger partial charge in [-0.1, -0.05) is 26.0 Å². The number of carbonyl (C=O) groups excluding carboxylic acids is 2. The predicted octanol–water partition coefficient (Wildman–Crippen LogP) is 2.23. The second-order valence-electron chi connectivity index (χ2n) is 6.61. The first kappa shape index (κ1) is 19.1. The molecule has 2 rings (SSSR count). The first-order valence-electron chi connectivity index (χ1n) is 8.87. The van der Waals surface area contributed by atoms with Crippen molar-refractivity contribution in [3.05, 3.63) is 24.3 Å². The Labute approximate surface area is 149 Å². The number of carbonyl (C=O) groups is 2. The molecular weight excluding hydrogens is 320 g/mol. The molecule has 138 valence electrons. The van der Waals surface area contributed by atoms with E-state index in [1.807, 2.05) is 30.9 Å². The van der Waals surface area contributed by atoms with Crippen LogP contribution in [0.25, 0.3) is 0 Å².